The van der Waals surface area contributed by atoms with Crippen molar-refractivity contribution in [3.8, 4) is 0 Å². The topological polar surface area (TPSA) is 150 Å². The van der Waals surface area contributed by atoms with Gasteiger partial charge < -0.3 is 20.6 Å². The molecule has 0 saturated heterocycles. The Labute approximate surface area is 274 Å². The Kier molecular flexibility index (Phi) is 11.4. The van der Waals surface area contributed by atoms with Gasteiger partial charge in [0.25, 0.3) is 11.8 Å². The SMILES string of the molecule is C[C@@H](NC(=O)c1cc(C(=O)N[C@@H](Cc2ccccc2)[C@@H](O)Cn2cc(CN(C)C)nn2)cc(N(C)S(C)(=O)=O)c1)c1ccc(F)cc1. The van der Waals surface area contributed by atoms with Crippen LogP contribution in [0.25, 0.3) is 0 Å². The highest BCUT2D eigenvalue weighted by molar-refractivity contribution is 7.92. The Bertz CT molecular complexity index is 1780. The van der Waals surface area contributed by atoms with Crippen LogP contribution in [0.15, 0.2) is 79.0 Å². The lowest BCUT2D eigenvalue weighted by molar-refractivity contribution is 0.0778. The molecule has 1 heterocycles. The Morgan fingerprint density at radius 1 is 0.957 bits per heavy atom. The van der Waals surface area contributed by atoms with Crippen molar-refractivity contribution in [2.75, 3.05) is 31.7 Å². The van der Waals surface area contributed by atoms with Gasteiger partial charge in [0.15, 0.2) is 0 Å². The molecule has 2 amide bonds. The van der Waals surface area contributed by atoms with Crippen LogP contribution in [-0.2, 0) is 29.5 Å². The van der Waals surface area contributed by atoms with Crippen LogP contribution >= 0.6 is 0 Å². The zero-order chi connectivity index (χ0) is 34.3. The van der Waals surface area contributed by atoms with E-state index >= 15 is 0 Å². The lowest BCUT2D eigenvalue weighted by Gasteiger charge is -2.25. The zero-order valence-corrected chi connectivity index (χ0v) is 27.8. The number of carbonyl (C=O) groups is 2. The van der Waals surface area contributed by atoms with Crippen molar-refractivity contribution in [2.24, 2.45) is 0 Å². The van der Waals surface area contributed by atoms with Crippen LogP contribution in [0, 0.1) is 5.82 Å². The number of hydrogen-bond acceptors (Lipinski definition) is 8. The average molecular weight is 666 g/mol. The number of aromatic nitrogens is 3. The molecule has 3 aromatic carbocycles. The van der Waals surface area contributed by atoms with Gasteiger partial charge in [-0.25, -0.2) is 17.5 Å². The number of nitrogens with zero attached hydrogens (tertiary/aromatic N) is 5. The van der Waals surface area contributed by atoms with Crippen molar-refractivity contribution in [2.45, 2.75) is 44.6 Å². The summed E-state index contributed by atoms with van der Waals surface area (Å²) < 4.78 is 40.8. The number of aliphatic hydroxyl groups excluding tert-OH is 1. The van der Waals surface area contributed by atoms with Crippen LogP contribution in [0.4, 0.5) is 10.1 Å². The van der Waals surface area contributed by atoms with E-state index in [0.29, 0.717) is 12.1 Å². The largest absolute Gasteiger partial charge is 0.389 e. The number of carbonyl (C=O) groups excluding carboxylic acids is 2. The van der Waals surface area contributed by atoms with Gasteiger partial charge in [0.05, 0.1) is 42.4 Å². The Morgan fingerprint density at radius 3 is 2.17 bits per heavy atom. The summed E-state index contributed by atoms with van der Waals surface area (Å²) in [4.78, 5) is 29.1. The Hall–Kier alpha value is -4.66. The molecule has 47 heavy (non-hydrogen) atoms. The fourth-order valence-electron chi connectivity index (χ4n) is 4.91. The molecule has 0 aliphatic rings. The number of aliphatic hydroxyl groups is 1. The number of anilines is 1. The van der Waals surface area contributed by atoms with E-state index in [1.54, 1.807) is 25.3 Å². The molecule has 0 fully saturated rings. The molecule has 14 heteroatoms. The number of sulfonamides is 1. The third kappa shape index (κ3) is 9.91. The minimum absolute atomic E-state index is 0.0110. The summed E-state index contributed by atoms with van der Waals surface area (Å²) in [5, 5.41) is 25.3. The van der Waals surface area contributed by atoms with Crippen LogP contribution in [-0.4, -0.2) is 84.8 Å². The van der Waals surface area contributed by atoms with Gasteiger partial charge in [0.2, 0.25) is 10.0 Å². The Morgan fingerprint density at radius 2 is 1.57 bits per heavy atom. The maximum Gasteiger partial charge on any atom is 0.251 e. The quantitative estimate of drug-likeness (QED) is 0.186. The molecular weight excluding hydrogens is 625 g/mol. The van der Waals surface area contributed by atoms with Crippen molar-refractivity contribution in [3.63, 3.8) is 0 Å². The molecule has 4 rings (SSSR count). The molecule has 0 aliphatic carbocycles. The highest BCUT2D eigenvalue weighted by atomic mass is 32.2. The highest BCUT2D eigenvalue weighted by Crippen LogP contribution is 2.23. The second-order valence-electron chi connectivity index (χ2n) is 11.8. The van der Waals surface area contributed by atoms with Crippen molar-refractivity contribution in [1.82, 2.24) is 30.5 Å². The summed E-state index contributed by atoms with van der Waals surface area (Å²) >= 11 is 0. The van der Waals surface area contributed by atoms with Gasteiger partial charge in [0.1, 0.15) is 5.82 Å². The molecular formula is C33H40FN7O5S. The smallest absolute Gasteiger partial charge is 0.251 e. The number of hydrogen-bond donors (Lipinski definition) is 3. The molecule has 1 aromatic heterocycles. The van der Waals surface area contributed by atoms with E-state index in [-0.39, 0.29) is 29.8 Å². The van der Waals surface area contributed by atoms with Gasteiger partial charge in [-0.15, -0.1) is 5.10 Å². The molecule has 0 unspecified atom stereocenters. The highest BCUT2D eigenvalue weighted by Gasteiger charge is 2.26. The molecule has 12 nitrogen and oxygen atoms in total. The van der Waals surface area contributed by atoms with E-state index in [2.05, 4.69) is 20.9 Å². The molecule has 3 N–H and O–H groups in total. The summed E-state index contributed by atoms with van der Waals surface area (Å²) in [6, 6.07) is 17.8. The van der Waals surface area contributed by atoms with E-state index in [0.717, 1.165) is 21.8 Å². The maximum absolute atomic E-state index is 13.8. The molecule has 4 aromatic rings. The van der Waals surface area contributed by atoms with Crippen molar-refractivity contribution in [3.05, 3.63) is 113 Å². The fourth-order valence-corrected chi connectivity index (χ4v) is 5.40. The predicted molar refractivity (Wildman–Crippen MR) is 177 cm³/mol. The number of halogens is 1. The van der Waals surface area contributed by atoms with Gasteiger partial charge in [-0.2, -0.15) is 0 Å². The zero-order valence-electron chi connectivity index (χ0n) is 27.0. The fraction of sp³-hybridized carbons (Fsp3) is 0.333. The van der Waals surface area contributed by atoms with Gasteiger partial charge in [-0.1, -0.05) is 47.7 Å². The first-order valence-corrected chi connectivity index (χ1v) is 16.8. The van der Waals surface area contributed by atoms with Crippen LogP contribution in [0.1, 0.15) is 50.5 Å². The normalized spacial score (nSPS) is 13.5. The van der Waals surface area contributed by atoms with Gasteiger partial charge in [-0.3, -0.25) is 13.9 Å². The molecule has 0 bridgehead atoms. The summed E-state index contributed by atoms with van der Waals surface area (Å²) in [6.07, 6.45) is 1.93. The van der Waals surface area contributed by atoms with E-state index in [1.165, 1.54) is 42.1 Å². The third-order valence-electron chi connectivity index (χ3n) is 7.54. The maximum atomic E-state index is 13.8. The number of benzene rings is 3. The number of nitrogens with one attached hydrogen (secondary N) is 2. The summed E-state index contributed by atoms with van der Waals surface area (Å²) in [5.41, 5.74) is 2.38. The standard InChI is InChI=1S/C33H40FN7O5S/c1-22(24-11-13-27(34)14-12-24)35-32(43)25-16-26(18-29(17-25)40(4)47(5,45)46)33(44)36-30(15-23-9-7-6-8-10-23)31(42)21-41-20-28(37-38-41)19-39(2)3/h6-14,16-18,20,22,30-31,42H,15,19,21H2,1-5H3,(H,35,43)(H,36,44)/t22-,30+,31+/m1/s1. The first-order chi connectivity index (χ1) is 22.2. The monoisotopic (exact) mass is 665 g/mol. The van der Waals surface area contributed by atoms with Crippen molar-refractivity contribution < 1.29 is 27.5 Å². The van der Waals surface area contributed by atoms with Crippen molar-refractivity contribution in [1.29, 1.82) is 0 Å². The molecule has 0 spiro atoms. The van der Waals surface area contributed by atoms with Crippen molar-refractivity contribution >= 4 is 27.5 Å². The minimum atomic E-state index is -3.75. The minimum Gasteiger partial charge on any atom is -0.389 e. The van der Waals surface area contributed by atoms with E-state index in [4.69, 9.17) is 0 Å². The second kappa shape index (κ2) is 15.3. The molecule has 0 radical (unpaired) electrons. The number of rotatable bonds is 14. The molecule has 0 saturated carbocycles. The van der Waals surface area contributed by atoms with Crippen LogP contribution < -0.4 is 14.9 Å². The lowest BCUT2D eigenvalue weighted by atomic mass is 10.00. The lowest BCUT2D eigenvalue weighted by Crippen LogP contribution is -2.46. The summed E-state index contributed by atoms with van der Waals surface area (Å²) in [7, 11) is 1.38. The summed E-state index contributed by atoms with van der Waals surface area (Å²) in [5.74, 6) is -1.60. The first-order valence-electron chi connectivity index (χ1n) is 14.9. The van der Waals surface area contributed by atoms with Crippen LogP contribution in [0.5, 0.6) is 0 Å². The predicted octanol–water partition coefficient (Wildman–Crippen LogP) is 2.77. The van der Waals surface area contributed by atoms with Crippen LogP contribution in [0.2, 0.25) is 0 Å². The number of amides is 2. The van der Waals surface area contributed by atoms with E-state index < -0.39 is 45.8 Å². The summed E-state index contributed by atoms with van der Waals surface area (Å²) in [6.45, 7) is 2.33. The van der Waals surface area contributed by atoms with E-state index in [1.807, 2.05) is 49.3 Å². The van der Waals surface area contributed by atoms with Gasteiger partial charge in [-0.05, 0) is 68.9 Å². The first kappa shape index (κ1) is 35.2. The van der Waals surface area contributed by atoms with Gasteiger partial charge >= 0.3 is 0 Å². The average Bonchev–Trinajstić information content (AvgIpc) is 3.45. The van der Waals surface area contributed by atoms with E-state index in [9.17, 15) is 27.5 Å². The molecule has 250 valence electrons. The van der Waals surface area contributed by atoms with Crippen LogP contribution in [0.3, 0.4) is 0 Å². The Balaban J connectivity index is 1.62. The molecule has 3 atom stereocenters. The molecule has 0 aliphatic heterocycles. The van der Waals surface area contributed by atoms with Gasteiger partial charge in [0, 0.05) is 30.9 Å². The third-order valence-corrected chi connectivity index (χ3v) is 8.74. The second-order valence-corrected chi connectivity index (χ2v) is 13.8.